The van der Waals surface area contributed by atoms with Crippen molar-refractivity contribution in [1.82, 2.24) is 4.98 Å². The minimum Gasteiger partial charge on any atom is -0.387 e. The highest BCUT2D eigenvalue weighted by molar-refractivity contribution is 9.10. The second-order valence-corrected chi connectivity index (χ2v) is 2.90. The average molecular weight is 201 g/mol. The molecule has 1 heterocycles. The van der Waals surface area contributed by atoms with Gasteiger partial charge in [-0.15, -0.1) is 0 Å². The molecule has 0 fully saturated rings. The van der Waals surface area contributed by atoms with Gasteiger partial charge in [0.1, 0.15) is 0 Å². The molecule has 1 aromatic heterocycles. The van der Waals surface area contributed by atoms with Crippen molar-refractivity contribution >= 4 is 21.6 Å². The number of anilines is 1. The molecule has 0 amide bonds. The molecule has 0 aliphatic rings. The van der Waals surface area contributed by atoms with Crippen LogP contribution in [0.25, 0.3) is 0 Å². The Balaban J connectivity index is 3.04. The van der Waals surface area contributed by atoms with Gasteiger partial charge in [0.2, 0.25) is 0 Å². The molecule has 0 spiro atoms. The van der Waals surface area contributed by atoms with Crippen molar-refractivity contribution < 1.29 is 0 Å². The number of hydrogen-bond acceptors (Lipinski definition) is 2. The first kappa shape index (κ1) is 7.54. The van der Waals surface area contributed by atoms with Crippen LogP contribution in [-0.4, -0.2) is 12.0 Å². The number of aromatic nitrogens is 1. The molecule has 0 saturated carbocycles. The smallest absolute Gasteiger partial charge is 0.0535 e. The predicted molar refractivity (Wildman–Crippen MR) is 46.2 cm³/mol. The minimum absolute atomic E-state index is 1.01. The van der Waals surface area contributed by atoms with Crippen molar-refractivity contribution in [2.45, 2.75) is 6.92 Å². The van der Waals surface area contributed by atoms with E-state index in [4.69, 9.17) is 0 Å². The van der Waals surface area contributed by atoms with Gasteiger partial charge in [-0.05, 0) is 28.9 Å². The lowest BCUT2D eigenvalue weighted by atomic mass is 10.3. The van der Waals surface area contributed by atoms with E-state index < -0.39 is 0 Å². The standard InChI is InChI=1S/C7H9BrN2/c1-5-7(8)3-6(9-2)4-10-5/h3-4,9H,1-2H3. The summed E-state index contributed by atoms with van der Waals surface area (Å²) in [5, 5.41) is 3.00. The fourth-order valence-corrected chi connectivity index (χ4v) is 0.992. The van der Waals surface area contributed by atoms with Gasteiger partial charge in [-0.3, -0.25) is 4.98 Å². The summed E-state index contributed by atoms with van der Waals surface area (Å²) in [4.78, 5) is 4.14. The fraction of sp³-hybridized carbons (Fsp3) is 0.286. The summed E-state index contributed by atoms with van der Waals surface area (Å²) in [6.07, 6.45) is 1.81. The van der Waals surface area contributed by atoms with E-state index in [1.807, 2.05) is 20.0 Å². The maximum Gasteiger partial charge on any atom is 0.0535 e. The van der Waals surface area contributed by atoms with E-state index in [0.29, 0.717) is 0 Å². The Morgan fingerprint density at radius 3 is 2.80 bits per heavy atom. The number of nitrogens with one attached hydrogen (secondary N) is 1. The zero-order valence-corrected chi connectivity index (χ0v) is 7.57. The molecule has 0 saturated heterocycles. The molecule has 0 aliphatic carbocycles. The normalized spacial score (nSPS) is 9.50. The van der Waals surface area contributed by atoms with E-state index in [2.05, 4.69) is 26.2 Å². The summed E-state index contributed by atoms with van der Waals surface area (Å²) < 4.78 is 1.04. The third-order valence-electron chi connectivity index (χ3n) is 1.31. The monoisotopic (exact) mass is 200 g/mol. The molecule has 10 heavy (non-hydrogen) atoms. The van der Waals surface area contributed by atoms with Gasteiger partial charge in [0.15, 0.2) is 0 Å². The average Bonchev–Trinajstić information content (AvgIpc) is 1.95. The second-order valence-electron chi connectivity index (χ2n) is 2.04. The van der Waals surface area contributed by atoms with E-state index in [9.17, 15) is 0 Å². The molecule has 0 bridgehead atoms. The molecule has 3 heteroatoms. The molecular weight excluding hydrogens is 192 g/mol. The van der Waals surface area contributed by atoms with Crippen LogP contribution in [0.5, 0.6) is 0 Å². The quantitative estimate of drug-likeness (QED) is 0.753. The highest BCUT2D eigenvalue weighted by atomic mass is 79.9. The van der Waals surface area contributed by atoms with Crippen LogP contribution in [0, 0.1) is 6.92 Å². The number of hydrogen-bond donors (Lipinski definition) is 1. The van der Waals surface area contributed by atoms with E-state index in [1.54, 1.807) is 6.20 Å². The van der Waals surface area contributed by atoms with Gasteiger partial charge >= 0.3 is 0 Å². The largest absolute Gasteiger partial charge is 0.387 e. The topological polar surface area (TPSA) is 24.9 Å². The van der Waals surface area contributed by atoms with Crippen molar-refractivity contribution in [2.75, 3.05) is 12.4 Å². The molecular formula is C7H9BrN2. The van der Waals surface area contributed by atoms with E-state index >= 15 is 0 Å². The van der Waals surface area contributed by atoms with Gasteiger partial charge in [0.05, 0.1) is 17.6 Å². The van der Waals surface area contributed by atoms with Crippen molar-refractivity contribution in [3.05, 3.63) is 22.4 Å². The van der Waals surface area contributed by atoms with Gasteiger partial charge in [-0.1, -0.05) is 0 Å². The summed E-state index contributed by atoms with van der Waals surface area (Å²) in [6.45, 7) is 1.96. The van der Waals surface area contributed by atoms with E-state index in [1.165, 1.54) is 0 Å². The lowest BCUT2D eigenvalue weighted by Crippen LogP contribution is -1.90. The van der Waals surface area contributed by atoms with Crippen LogP contribution < -0.4 is 5.32 Å². The highest BCUT2D eigenvalue weighted by Crippen LogP contribution is 2.17. The Morgan fingerprint density at radius 2 is 2.30 bits per heavy atom. The third-order valence-corrected chi connectivity index (χ3v) is 2.12. The number of halogens is 1. The zero-order chi connectivity index (χ0) is 7.56. The van der Waals surface area contributed by atoms with Crippen LogP contribution in [0.1, 0.15) is 5.69 Å². The SMILES string of the molecule is CNc1cnc(C)c(Br)c1. The number of nitrogens with zero attached hydrogens (tertiary/aromatic N) is 1. The zero-order valence-electron chi connectivity index (χ0n) is 5.98. The first-order chi connectivity index (χ1) is 4.74. The summed E-state index contributed by atoms with van der Waals surface area (Å²) in [5.74, 6) is 0. The third kappa shape index (κ3) is 1.48. The minimum atomic E-state index is 1.01. The predicted octanol–water partition coefficient (Wildman–Crippen LogP) is 2.19. The highest BCUT2D eigenvalue weighted by Gasteiger charge is 1.94. The molecule has 0 atom stereocenters. The summed E-state index contributed by atoms with van der Waals surface area (Å²) in [7, 11) is 1.87. The van der Waals surface area contributed by atoms with Gasteiger partial charge in [0, 0.05) is 11.5 Å². The van der Waals surface area contributed by atoms with E-state index in [0.717, 1.165) is 15.9 Å². The maximum atomic E-state index is 4.14. The first-order valence-electron chi connectivity index (χ1n) is 3.04. The van der Waals surface area contributed by atoms with Crippen molar-refractivity contribution in [3.63, 3.8) is 0 Å². The fourth-order valence-electron chi connectivity index (χ4n) is 0.643. The summed E-state index contributed by atoms with van der Waals surface area (Å²) >= 11 is 3.38. The van der Waals surface area contributed by atoms with Crippen LogP contribution in [0.2, 0.25) is 0 Å². The van der Waals surface area contributed by atoms with Gasteiger partial charge < -0.3 is 5.32 Å². The first-order valence-corrected chi connectivity index (χ1v) is 3.83. The number of pyridine rings is 1. The molecule has 54 valence electrons. The number of aryl methyl sites for hydroxylation is 1. The van der Waals surface area contributed by atoms with Crippen LogP contribution in [0.15, 0.2) is 16.7 Å². The second kappa shape index (κ2) is 3.01. The Bertz CT molecular complexity index is 235. The Labute approximate surface area is 68.8 Å². The molecule has 2 nitrogen and oxygen atoms in total. The van der Waals surface area contributed by atoms with Crippen LogP contribution in [0.4, 0.5) is 5.69 Å². The van der Waals surface area contributed by atoms with Gasteiger partial charge in [0.25, 0.3) is 0 Å². The van der Waals surface area contributed by atoms with Crippen molar-refractivity contribution in [2.24, 2.45) is 0 Å². The lowest BCUT2D eigenvalue weighted by Gasteiger charge is -2.00. The summed E-state index contributed by atoms with van der Waals surface area (Å²) in [6, 6.07) is 2.00. The maximum absolute atomic E-state index is 4.14. The molecule has 1 aromatic rings. The van der Waals surface area contributed by atoms with Crippen LogP contribution in [0.3, 0.4) is 0 Å². The lowest BCUT2D eigenvalue weighted by molar-refractivity contribution is 1.18. The molecule has 0 radical (unpaired) electrons. The van der Waals surface area contributed by atoms with Gasteiger partial charge in [-0.25, -0.2) is 0 Å². The molecule has 1 N–H and O–H groups in total. The van der Waals surface area contributed by atoms with Crippen LogP contribution in [-0.2, 0) is 0 Å². The Morgan fingerprint density at radius 1 is 1.60 bits per heavy atom. The van der Waals surface area contributed by atoms with Gasteiger partial charge in [-0.2, -0.15) is 0 Å². The van der Waals surface area contributed by atoms with Crippen molar-refractivity contribution in [1.29, 1.82) is 0 Å². The molecule has 0 unspecified atom stereocenters. The number of rotatable bonds is 1. The van der Waals surface area contributed by atoms with Crippen molar-refractivity contribution in [3.8, 4) is 0 Å². The van der Waals surface area contributed by atoms with E-state index in [-0.39, 0.29) is 0 Å². The van der Waals surface area contributed by atoms with Crippen LogP contribution >= 0.6 is 15.9 Å². The molecule has 1 rings (SSSR count). The summed E-state index contributed by atoms with van der Waals surface area (Å²) in [5.41, 5.74) is 2.04. The molecule has 0 aromatic carbocycles. The Kier molecular flexibility index (Phi) is 2.27. The Hall–Kier alpha value is -0.570. The molecule has 0 aliphatic heterocycles.